The number of hydrogen-bond donors (Lipinski definition) is 1. The van der Waals surface area contributed by atoms with Crippen molar-refractivity contribution < 1.29 is 14.3 Å². The summed E-state index contributed by atoms with van der Waals surface area (Å²) in [7, 11) is 1.77. The first-order valence-electron chi connectivity index (χ1n) is 9.73. The first-order chi connectivity index (χ1) is 13.0. The van der Waals surface area contributed by atoms with Gasteiger partial charge in [0, 0.05) is 20.1 Å². The van der Waals surface area contributed by atoms with Crippen molar-refractivity contribution in [3.05, 3.63) is 5.28 Å². The minimum Gasteiger partial charge on any atom is -0.484 e. The number of anilines is 2. The molecule has 8 nitrogen and oxygen atoms in total. The molecule has 1 fully saturated rings. The summed E-state index contributed by atoms with van der Waals surface area (Å²) in [5.41, 5.74) is -0.518. The second kappa shape index (κ2) is 7.81. The molecule has 1 amide bonds. The molecule has 156 valence electrons. The predicted octanol–water partition coefficient (Wildman–Crippen LogP) is 3.40. The van der Waals surface area contributed by atoms with Crippen molar-refractivity contribution >= 4 is 29.3 Å². The molecule has 3 rings (SSSR count). The highest BCUT2D eigenvalue weighted by atomic mass is 35.5. The summed E-state index contributed by atoms with van der Waals surface area (Å²) < 4.78 is 11.5. The van der Waals surface area contributed by atoms with E-state index in [1.807, 2.05) is 20.8 Å². The molecule has 0 radical (unpaired) electrons. The van der Waals surface area contributed by atoms with Gasteiger partial charge in [-0.2, -0.15) is 9.97 Å². The van der Waals surface area contributed by atoms with Crippen molar-refractivity contribution in [2.45, 2.75) is 58.7 Å². The average Bonchev–Trinajstić information content (AvgIpc) is 3.07. The Morgan fingerprint density at radius 2 is 2.11 bits per heavy atom. The number of nitrogens with one attached hydrogen (secondary N) is 1. The lowest BCUT2D eigenvalue weighted by molar-refractivity contribution is 0.0238. The number of hydrogen-bond acceptors (Lipinski definition) is 7. The highest BCUT2D eigenvalue weighted by molar-refractivity contribution is 6.28. The van der Waals surface area contributed by atoms with Gasteiger partial charge in [0.05, 0.1) is 12.1 Å². The van der Waals surface area contributed by atoms with Crippen LogP contribution in [0, 0.1) is 5.92 Å². The third-order valence-corrected chi connectivity index (χ3v) is 5.22. The third-order valence-electron chi connectivity index (χ3n) is 5.05. The van der Waals surface area contributed by atoms with Gasteiger partial charge in [-0.15, -0.1) is 0 Å². The van der Waals surface area contributed by atoms with Gasteiger partial charge in [-0.3, -0.25) is 0 Å². The van der Waals surface area contributed by atoms with Crippen LogP contribution >= 0.6 is 11.6 Å². The van der Waals surface area contributed by atoms with E-state index in [9.17, 15) is 4.79 Å². The van der Waals surface area contributed by atoms with Crippen molar-refractivity contribution in [3.63, 3.8) is 0 Å². The molecule has 1 aromatic rings. The Bertz CT molecular complexity index is 737. The number of aromatic nitrogens is 2. The summed E-state index contributed by atoms with van der Waals surface area (Å²) >= 11 is 6.18. The lowest BCUT2D eigenvalue weighted by Crippen LogP contribution is -2.42. The van der Waals surface area contributed by atoms with Crippen molar-refractivity contribution in [1.82, 2.24) is 14.9 Å². The summed E-state index contributed by atoms with van der Waals surface area (Å²) in [6.07, 6.45) is 0.494. The lowest BCUT2D eigenvalue weighted by Gasteiger charge is -2.32. The van der Waals surface area contributed by atoms with E-state index >= 15 is 0 Å². The molecular formula is C19H30ClN5O3. The molecule has 9 heteroatoms. The van der Waals surface area contributed by atoms with Crippen LogP contribution in [0.5, 0.6) is 5.75 Å². The zero-order valence-electron chi connectivity index (χ0n) is 17.5. The van der Waals surface area contributed by atoms with Crippen molar-refractivity contribution in [2.24, 2.45) is 5.92 Å². The Morgan fingerprint density at radius 3 is 2.75 bits per heavy atom. The standard InChI is InChI=1S/C19H30ClN5O3/c1-11(2)13-10-27-14-15(21-13)22-17(20)23-16(14)25-8-7-12(9-25)24(6)18(26)28-19(3,4)5/h11-13H,7-10H2,1-6H3,(H,21,22,23)/t12-,13?/m1/s1. The molecule has 2 aliphatic rings. The van der Waals surface area contributed by atoms with Crippen molar-refractivity contribution in [3.8, 4) is 5.75 Å². The van der Waals surface area contributed by atoms with E-state index in [1.165, 1.54) is 0 Å². The molecule has 1 saturated heterocycles. The van der Waals surface area contributed by atoms with E-state index in [4.69, 9.17) is 21.1 Å². The topological polar surface area (TPSA) is 79.8 Å². The Balaban J connectivity index is 1.75. The SMILES string of the molecule is CC(C)C1COc2c(nc(Cl)nc2N2CC[C@@H](N(C)C(=O)OC(C)(C)C)C2)N1. The van der Waals surface area contributed by atoms with Crippen molar-refractivity contribution in [1.29, 1.82) is 0 Å². The van der Waals surface area contributed by atoms with Crippen LogP contribution in [0.4, 0.5) is 16.4 Å². The smallest absolute Gasteiger partial charge is 0.410 e. The number of ether oxygens (including phenoxy) is 2. The predicted molar refractivity (Wildman–Crippen MR) is 109 cm³/mol. The highest BCUT2D eigenvalue weighted by Crippen LogP contribution is 2.39. The van der Waals surface area contributed by atoms with Crippen LogP contribution in [-0.2, 0) is 4.74 Å². The zero-order valence-corrected chi connectivity index (χ0v) is 18.2. The van der Waals surface area contributed by atoms with E-state index in [2.05, 4.69) is 34.0 Å². The maximum Gasteiger partial charge on any atom is 0.410 e. The molecule has 28 heavy (non-hydrogen) atoms. The summed E-state index contributed by atoms with van der Waals surface area (Å²) in [5, 5.41) is 3.59. The van der Waals surface area contributed by atoms with Gasteiger partial charge in [0.1, 0.15) is 12.2 Å². The molecule has 1 unspecified atom stereocenters. The molecule has 2 aliphatic heterocycles. The second-order valence-corrected chi connectivity index (χ2v) is 9.12. The van der Waals surface area contributed by atoms with Gasteiger partial charge in [0.15, 0.2) is 11.6 Å². The van der Waals surface area contributed by atoms with Gasteiger partial charge in [-0.05, 0) is 44.7 Å². The number of carbonyl (C=O) groups is 1. The van der Waals surface area contributed by atoms with Gasteiger partial charge in [-0.25, -0.2) is 4.79 Å². The average molecular weight is 412 g/mol. The van der Waals surface area contributed by atoms with Gasteiger partial charge in [-0.1, -0.05) is 13.8 Å². The molecule has 1 N–H and O–H groups in total. The molecule has 0 aromatic carbocycles. The Labute approximate surface area is 171 Å². The van der Waals surface area contributed by atoms with Gasteiger partial charge >= 0.3 is 6.09 Å². The molecule has 1 aromatic heterocycles. The highest BCUT2D eigenvalue weighted by Gasteiger charge is 2.35. The summed E-state index contributed by atoms with van der Waals surface area (Å²) in [6, 6.07) is 0.204. The van der Waals surface area contributed by atoms with E-state index in [1.54, 1.807) is 11.9 Å². The molecular weight excluding hydrogens is 382 g/mol. The number of carbonyl (C=O) groups excluding carboxylic acids is 1. The van der Waals surface area contributed by atoms with Crippen LogP contribution in [0.15, 0.2) is 0 Å². The van der Waals surface area contributed by atoms with Crippen LogP contribution in [0.1, 0.15) is 41.0 Å². The van der Waals surface area contributed by atoms with Gasteiger partial charge in [0.2, 0.25) is 11.0 Å². The van der Waals surface area contributed by atoms with Crippen molar-refractivity contribution in [2.75, 3.05) is 37.0 Å². The number of amides is 1. The van der Waals surface area contributed by atoms with Crippen LogP contribution in [0.25, 0.3) is 0 Å². The second-order valence-electron chi connectivity index (χ2n) is 8.78. The number of nitrogens with zero attached hydrogens (tertiary/aromatic N) is 4. The summed E-state index contributed by atoms with van der Waals surface area (Å²) in [4.78, 5) is 24.9. The Kier molecular flexibility index (Phi) is 5.79. The largest absolute Gasteiger partial charge is 0.484 e. The molecule has 0 bridgehead atoms. The Hall–Kier alpha value is -1.96. The third kappa shape index (κ3) is 4.54. The van der Waals surface area contributed by atoms with Gasteiger partial charge < -0.3 is 24.6 Å². The number of fused-ring (bicyclic) bond motifs is 1. The fourth-order valence-corrected chi connectivity index (χ4v) is 3.50. The summed E-state index contributed by atoms with van der Waals surface area (Å²) in [5.74, 6) is 2.33. The molecule has 3 heterocycles. The van der Waals surface area contributed by atoms with E-state index in [0.717, 1.165) is 13.0 Å². The quantitative estimate of drug-likeness (QED) is 0.763. The van der Waals surface area contributed by atoms with Crippen LogP contribution in [-0.4, -0.2) is 65.4 Å². The monoisotopic (exact) mass is 411 g/mol. The fraction of sp³-hybridized carbons (Fsp3) is 0.737. The zero-order chi connectivity index (χ0) is 20.6. The van der Waals surface area contributed by atoms with Crippen LogP contribution in [0.3, 0.4) is 0 Å². The first kappa shape index (κ1) is 20.8. The van der Waals surface area contributed by atoms with Crippen LogP contribution in [0.2, 0.25) is 5.28 Å². The minimum atomic E-state index is -0.518. The number of rotatable bonds is 3. The Morgan fingerprint density at radius 1 is 1.39 bits per heavy atom. The first-order valence-corrected chi connectivity index (χ1v) is 10.1. The van der Waals surface area contributed by atoms with E-state index in [-0.39, 0.29) is 23.5 Å². The molecule has 0 saturated carbocycles. The maximum atomic E-state index is 12.4. The molecule has 0 spiro atoms. The van der Waals surface area contributed by atoms with E-state index in [0.29, 0.717) is 36.5 Å². The van der Waals surface area contributed by atoms with Crippen LogP contribution < -0.4 is 15.0 Å². The molecule has 0 aliphatic carbocycles. The minimum absolute atomic E-state index is 0.0270. The summed E-state index contributed by atoms with van der Waals surface area (Å²) in [6.45, 7) is 11.8. The van der Waals surface area contributed by atoms with E-state index < -0.39 is 5.60 Å². The molecule has 2 atom stereocenters. The lowest BCUT2D eigenvalue weighted by atomic mass is 10.0. The normalized spacial score (nSPS) is 21.8. The fourth-order valence-electron chi connectivity index (χ4n) is 3.34. The maximum absolute atomic E-state index is 12.4. The van der Waals surface area contributed by atoms with Gasteiger partial charge in [0.25, 0.3) is 0 Å². The number of halogens is 1. The number of likely N-dealkylation sites (N-methyl/N-ethyl adjacent to an activating group) is 1.